The van der Waals surface area contributed by atoms with Crippen molar-refractivity contribution in [3.63, 3.8) is 0 Å². The van der Waals surface area contributed by atoms with Crippen molar-refractivity contribution in [1.29, 1.82) is 0 Å². The van der Waals surface area contributed by atoms with E-state index in [1.54, 1.807) is 0 Å². The molecule has 0 aromatic heterocycles. The summed E-state index contributed by atoms with van der Waals surface area (Å²) in [5, 5.41) is 0. The van der Waals surface area contributed by atoms with Gasteiger partial charge in [-0.25, -0.2) is 0 Å². The fraction of sp³-hybridized carbons (Fsp3) is 1.00. The molecule has 3 heteroatoms. The van der Waals surface area contributed by atoms with Gasteiger partial charge in [0.05, 0.1) is 0 Å². The predicted octanol–water partition coefficient (Wildman–Crippen LogP) is -0.208. The van der Waals surface area contributed by atoms with Gasteiger partial charge in [0.2, 0.25) is 0 Å². The Balaban J connectivity index is 2.52. The molecule has 0 bridgehead atoms. The molecule has 1 saturated carbocycles. The summed E-state index contributed by atoms with van der Waals surface area (Å²) < 4.78 is 0. The summed E-state index contributed by atoms with van der Waals surface area (Å²) >= 11 is 0. The summed E-state index contributed by atoms with van der Waals surface area (Å²) in [6.07, 6.45) is 4.50. The van der Waals surface area contributed by atoms with Crippen molar-refractivity contribution in [1.82, 2.24) is 0 Å². The van der Waals surface area contributed by atoms with Gasteiger partial charge in [-0.1, -0.05) is 6.42 Å². The van der Waals surface area contributed by atoms with Gasteiger partial charge in [0, 0.05) is 6.04 Å². The lowest BCUT2D eigenvalue weighted by Crippen LogP contribution is -2.45. The van der Waals surface area contributed by atoms with E-state index in [9.17, 15) is 0 Å². The summed E-state index contributed by atoms with van der Waals surface area (Å²) in [5.74, 6) is 0. The largest absolute Gasteiger partial charge is 0.330 e. The van der Waals surface area contributed by atoms with Gasteiger partial charge >= 0.3 is 0 Å². The fourth-order valence-corrected chi connectivity index (χ4v) is 1.95. The van der Waals surface area contributed by atoms with Crippen molar-refractivity contribution in [2.45, 2.75) is 31.7 Å². The van der Waals surface area contributed by atoms with Gasteiger partial charge in [0.1, 0.15) is 0 Å². The molecule has 0 spiro atoms. The molecule has 6 N–H and O–H groups in total. The molecule has 0 aliphatic heterocycles. The monoisotopic (exact) mass is 157 g/mol. The van der Waals surface area contributed by atoms with Crippen LogP contribution < -0.4 is 17.2 Å². The van der Waals surface area contributed by atoms with Crippen LogP contribution >= 0.6 is 0 Å². The van der Waals surface area contributed by atoms with Gasteiger partial charge in [-0.15, -0.1) is 0 Å². The zero-order valence-corrected chi connectivity index (χ0v) is 7.05. The first-order valence-corrected chi connectivity index (χ1v) is 4.38. The number of hydrogen-bond donors (Lipinski definition) is 3. The van der Waals surface area contributed by atoms with E-state index in [2.05, 4.69) is 0 Å². The molecule has 1 aliphatic rings. The standard InChI is InChI=1S/C8H19N3/c9-5-8(6-10)3-1-2-7(11)4-8/h7H,1-6,9-11H2. The second kappa shape index (κ2) is 3.52. The summed E-state index contributed by atoms with van der Waals surface area (Å²) in [5.41, 5.74) is 17.4. The number of rotatable bonds is 2. The van der Waals surface area contributed by atoms with E-state index in [4.69, 9.17) is 17.2 Å². The Morgan fingerprint density at radius 1 is 1.27 bits per heavy atom. The molecule has 11 heavy (non-hydrogen) atoms. The van der Waals surface area contributed by atoms with Crippen molar-refractivity contribution >= 4 is 0 Å². The molecule has 1 fully saturated rings. The van der Waals surface area contributed by atoms with Crippen molar-refractivity contribution in [2.75, 3.05) is 13.1 Å². The molecular weight excluding hydrogens is 138 g/mol. The summed E-state index contributed by atoms with van der Waals surface area (Å²) in [6, 6.07) is 0.329. The second-order valence-electron chi connectivity index (χ2n) is 3.76. The number of nitrogens with two attached hydrogens (primary N) is 3. The van der Waals surface area contributed by atoms with E-state index >= 15 is 0 Å². The molecule has 1 unspecified atom stereocenters. The van der Waals surface area contributed by atoms with Crippen LogP contribution in [0.4, 0.5) is 0 Å². The lowest BCUT2D eigenvalue weighted by atomic mass is 9.72. The van der Waals surface area contributed by atoms with Gasteiger partial charge in [-0.2, -0.15) is 0 Å². The molecule has 0 saturated heterocycles. The maximum Gasteiger partial charge on any atom is 0.00450 e. The molecular formula is C8H19N3. The first-order chi connectivity index (χ1) is 5.22. The highest BCUT2D eigenvalue weighted by atomic mass is 14.7. The summed E-state index contributed by atoms with van der Waals surface area (Å²) in [6.45, 7) is 1.38. The van der Waals surface area contributed by atoms with E-state index in [-0.39, 0.29) is 5.41 Å². The van der Waals surface area contributed by atoms with Crippen molar-refractivity contribution < 1.29 is 0 Å². The normalized spacial score (nSPS) is 30.3. The van der Waals surface area contributed by atoms with Crippen LogP contribution in [0.3, 0.4) is 0 Å². The molecule has 0 amide bonds. The molecule has 0 radical (unpaired) electrons. The van der Waals surface area contributed by atoms with Crippen molar-refractivity contribution in [3.05, 3.63) is 0 Å². The Hall–Kier alpha value is -0.120. The fourth-order valence-electron chi connectivity index (χ4n) is 1.95. The quantitative estimate of drug-likeness (QED) is 0.519. The maximum absolute atomic E-state index is 5.85. The highest BCUT2D eigenvalue weighted by Gasteiger charge is 2.32. The van der Waals surface area contributed by atoms with E-state index in [0.717, 1.165) is 19.3 Å². The zero-order chi connectivity index (χ0) is 8.32. The van der Waals surface area contributed by atoms with Crippen LogP contribution in [0.5, 0.6) is 0 Å². The Bertz CT molecular complexity index is 121. The first kappa shape index (κ1) is 8.97. The Morgan fingerprint density at radius 3 is 2.27 bits per heavy atom. The van der Waals surface area contributed by atoms with Gasteiger partial charge in [0.15, 0.2) is 0 Å². The SMILES string of the molecule is NCC1(CN)CCCC(N)C1. The summed E-state index contributed by atoms with van der Waals surface area (Å²) in [7, 11) is 0. The lowest BCUT2D eigenvalue weighted by Gasteiger charge is -2.37. The van der Waals surface area contributed by atoms with Crippen LogP contribution in [0.1, 0.15) is 25.7 Å². The molecule has 66 valence electrons. The minimum atomic E-state index is 0.164. The molecule has 1 atom stereocenters. The van der Waals surface area contributed by atoms with Gasteiger partial charge < -0.3 is 17.2 Å². The predicted molar refractivity (Wildman–Crippen MR) is 47.0 cm³/mol. The van der Waals surface area contributed by atoms with Gasteiger partial charge in [-0.3, -0.25) is 0 Å². The third-order valence-electron chi connectivity index (χ3n) is 2.84. The molecule has 0 aromatic carbocycles. The average Bonchev–Trinajstić information content (AvgIpc) is 2.04. The molecule has 3 nitrogen and oxygen atoms in total. The topological polar surface area (TPSA) is 78.1 Å². The highest BCUT2D eigenvalue weighted by molar-refractivity contribution is 4.89. The van der Waals surface area contributed by atoms with Gasteiger partial charge in [0.25, 0.3) is 0 Å². The van der Waals surface area contributed by atoms with Crippen LogP contribution in [0, 0.1) is 5.41 Å². The third kappa shape index (κ3) is 1.92. The minimum Gasteiger partial charge on any atom is -0.330 e. The van der Waals surface area contributed by atoms with Crippen LogP contribution in [-0.4, -0.2) is 19.1 Å². The van der Waals surface area contributed by atoms with Crippen molar-refractivity contribution in [3.8, 4) is 0 Å². The Kier molecular flexibility index (Phi) is 2.87. The smallest absolute Gasteiger partial charge is 0.00450 e. The molecule has 0 aromatic rings. The maximum atomic E-state index is 5.85. The Labute approximate surface area is 68.3 Å². The van der Waals surface area contributed by atoms with E-state index in [0.29, 0.717) is 19.1 Å². The lowest BCUT2D eigenvalue weighted by molar-refractivity contribution is 0.189. The van der Waals surface area contributed by atoms with Crippen LogP contribution in [0.2, 0.25) is 0 Å². The van der Waals surface area contributed by atoms with Crippen LogP contribution in [-0.2, 0) is 0 Å². The summed E-state index contributed by atoms with van der Waals surface area (Å²) in [4.78, 5) is 0. The van der Waals surface area contributed by atoms with Crippen LogP contribution in [0.15, 0.2) is 0 Å². The number of hydrogen-bond acceptors (Lipinski definition) is 3. The zero-order valence-electron chi connectivity index (χ0n) is 7.05. The van der Waals surface area contributed by atoms with E-state index in [1.165, 1.54) is 6.42 Å². The van der Waals surface area contributed by atoms with E-state index in [1.807, 2.05) is 0 Å². The first-order valence-electron chi connectivity index (χ1n) is 4.38. The average molecular weight is 157 g/mol. The second-order valence-corrected chi connectivity index (χ2v) is 3.76. The van der Waals surface area contributed by atoms with Gasteiger partial charge in [-0.05, 0) is 37.8 Å². The van der Waals surface area contributed by atoms with Crippen molar-refractivity contribution in [2.24, 2.45) is 22.6 Å². The minimum absolute atomic E-state index is 0.164. The molecule has 1 rings (SSSR count). The molecule has 1 aliphatic carbocycles. The van der Waals surface area contributed by atoms with Crippen LogP contribution in [0.25, 0.3) is 0 Å². The Morgan fingerprint density at radius 2 is 1.91 bits per heavy atom. The highest BCUT2D eigenvalue weighted by Crippen LogP contribution is 2.33. The molecule has 0 heterocycles. The third-order valence-corrected chi connectivity index (χ3v) is 2.84. The van der Waals surface area contributed by atoms with E-state index < -0.39 is 0 Å².